The van der Waals surface area contributed by atoms with Gasteiger partial charge < -0.3 is 15.0 Å². The number of piperazine rings is 1. The summed E-state index contributed by atoms with van der Waals surface area (Å²) in [6.45, 7) is 3.65. The largest absolute Gasteiger partial charge is 0.573 e. The number of anilines is 2. The highest BCUT2D eigenvalue weighted by molar-refractivity contribution is 5.91. The Labute approximate surface area is 154 Å². The molecule has 2 heterocycles. The van der Waals surface area contributed by atoms with Gasteiger partial charge >= 0.3 is 6.36 Å². The minimum Gasteiger partial charge on any atom is -0.406 e. The summed E-state index contributed by atoms with van der Waals surface area (Å²) in [7, 11) is 0. The highest BCUT2D eigenvalue weighted by Crippen LogP contribution is 2.23. The van der Waals surface area contributed by atoms with Gasteiger partial charge in [-0.1, -0.05) is 6.07 Å². The number of quaternary nitrogens is 1. The van der Waals surface area contributed by atoms with Gasteiger partial charge in [-0.05, 0) is 30.3 Å². The molecule has 1 aliphatic rings. The first-order chi connectivity index (χ1) is 12.9. The second kappa shape index (κ2) is 8.26. The number of H-pyrrole nitrogens is 1. The van der Waals surface area contributed by atoms with Crippen LogP contribution < -0.4 is 24.8 Å². The van der Waals surface area contributed by atoms with Crippen LogP contribution in [-0.2, 0) is 4.79 Å². The Kier molecular flexibility index (Phi) is 5.80. The maximum Gasteiger partial charge on any atom is 0.573 e. The topological polar surface area (TPSA) is 60.2 Å². The van der Waals surface area contributed by atoms with E-state index in [4.69, 9.17) is 0 Å². The van der Waals surface area contributed by atoms with Gasteiger partial charge in [0.25, 0.3) is 11.7 Å². The molecule has 3 rings (SSSR count). The molecule has 1 fully saturated rings. The van der Waals surface area contributed by atoms with E-state index in [0.717, 1.165) is 36.9 Å². The average Bonchev–Trinajstić information content (AvgIpc) is 2.63. The first-order valence-electron chi connectivity index (χ1n) is 8.60. The highest BCUT2D eigenvalue weighted by Gasteiger charge is 2.31. The van der Waals surface area contributed by atoms with Crippen molar-refractivity contribution in [1.82, 2.24) is 0 Å². The summed E-state index contributed by atoms with van der Waals surface area (Å²) >= 11 is 0. The van der Waals surface area contributed by atoms with Crippen LogP contribution in [0, 0.1) is 0 Å². The molecule has 1 aliphatic heterocycles. The highest BCUT2D eigenvalue weighted by atomic mass is 19.4. The summed E-state index contributed by atoms with van der Waals surface area (Å²) in [6.07, 6.45) is -2.85. The number of pyridine rings is 1. The van der Waals surface area contributed by atoms with Crippen molar-refractivity contribution in [3.8, 4) is 5.75 Å². The van der Waals surface area contributed by atoms with Crippen molar-refractivity contribution in [3.05, 3.63) is 48.7 Å². The van der Waals surface area contributed by atoms with Gasteiger partial charge in [0, 0.05) is 11.8 Å². The van der Waals surface area contributed by atoms with Crippen LogP contribution in [0.5, 0.6) is 5.75 Å². The van der Waals surface area contributed by atoms with Gasteiger partial charge in [0.05, 0.1) is 6.20 Å². The van der Waals surface area contributed by atoms with E-state index in [0.29, 0.717) is 12.2 Å². The Balaban J connectivity index is 1.45. The van der Waals surface area contributed by atoms with Crippen molar-refractivity contribution in [1.29, 1.82) is 0 Å². The van der Waals surface area contributed by atoms with Crippen LogP contribution in [0.4, 0.5) is 24.7 Å². The summed E-state index contributed by atoms with van der Waals surface area (Å²) in [6, 6.07) is 11.0. The molecule has 1 amide bonds. The molecule has 0 unspecified atom stereocenters. The van der Waals surface area contributed by atoms with Gasteiger partial charge in [-0.2, -0.15) is 0 Å². The number of aromatic nitrogens is 1. The predicted molar refractivity (Wildman–Crippen MR) is 92.5 cm³/mol. The third-order valence-corrected chi connectivity index (χ3v) is 4.29. The van der Waals surface area contributed by atoms with E-state index < -0.39 is 6.36 Å². The lowest BCUT2D eigenvalue weighted by atomic mass is 10.2. The Morgan fingerprint density at radius 3 is 2.44 bits per heavy atom. The molecule has 0 bridgehead atoms. The molecule has 1 aromatic carbocycles. The minimum atomic E-state index is -4.73. The Bertz CT molecular complexity index is 745. The molecule has 9 heteroatoms. The fourth-order valence-electron chi connectivity index (χ4n) is 2.99. The number of benzene rings is 1. The molecule has 144 valence electrons. The van der Waals surface area contributed by atoms with Gasteiger partial charge in [0.1, 0.15) is 31.9 Å². The molecular weight excluding hydrogens is 361 g/mol. The summed E-state index contributed by atoms with van der Waals surface area (Å²) in [5, 5.41) is 2.71. The molecule has 1 saturated heterocycles. The van der Waals surface area contributed by atoms with Crippen molar-refractivity contribution >= 4 is 17.4 Å². The van der Waals surface area contributed by atoms with Gasteiger partial charge in [-0.25, -0.2) is 4.98 Å². The number of carbonyl (C=O) groups excluding carboxylic acids is 1. The summed E-state index contributed by atoms with van der Waals surface area (Å²) in [5.41, 5.74) is 0.437. The van der Waals surface area contributed by atoms with Crippen LogP contribution in [0.15, 0.2) is 48.7 Å². The number of hydrogen-bond acceptors (Lipinski definition) is 3. The van der Waals surface area contributed by atoms with Crippen LogP contribution >= 0.6 is 0 Å². The standard InChI is InChI=1S/C18H19F3N4O2/c19-18(20,21)27-15-6-4-14(5-7-15)23-17(26)13-24-9-11-25(12-10-24)16-3-1-2-8-22-16/h1-8H,9-13H2,(H,23,26)/p+2. The summed E-state index contributed by atoms with van der Waals surface area (Å²) in [4.78, 5) is 18.8. The zero-order chi connectivity index (χ0) is 19.3. The lowest BCUT2D eigenvalue weighted by Gasteiger charge is -2.27. The van der Waals surface area contributed by atoms with Crippen molar-refractivity contribution < 1.29 is 32.6 Å². The first-order valence-corrected chi connectivity index (χ1v) is 8.60. The summed E-state index contributed by atoms with van der Waals surface area (Å²) in [5.74, 6) is 0.566. The number of halogens is 3. The number of alkyl halides is 3. The van der Waals surface area contributed by atoms with Gasteiger partial charge in [0.15, 0.2) is 6.54 Å². The fraction of sp³-hybridized carbons (Fsp3) is 0.333. The van der Waals surface area contributed by atoms with E-state index in [-0.39, 0.29) is 11.7 Å². The van der Waals surface area contributed by atoms with Crippen molar-refractivity contribution in [2.75, 3.05) is 42.9 Å². The fourth-order valence-corrected chi connectivity index (χ4v) is 2.99. The molecule has 6 nitrogen and oxygen atoms in total. The molecule has 0 radical (unpaired) electrons. The molecular formula is C18H21F3N4O2+2. The third-order valence-electron chi connectivity index (χ3n) is 4.29. The van der Waals surface area contributed by atoms with Gasteiger partial charge in [0.2, 0.25) is 0 Å². The molecule has 0 aliphatic carbocycles. The second-order valence-corrected chi connectivity index (χ2v) is 6.28. The van der Waals surface area contributed by atoms with Crippen LogP contribution in [0.2, 0.25) is 0 Å². The molecule has 3 N–H and O–H groups in total. The smallest absolute Gasteiger partial charge is 0.406 e. The number of nitrogens with zero attached hydrogens (tertiary/aromatic N) is 1. The lowest BCUT2D eigenvalue weighted by Crippen LogP contribution is -3.15. The van der Waals surface area contributed by atoms with Crippen LogP contribution in [0.1, 0.15) is 0 Å². The third kappa shape index (κ3) is 5.85. The van der Waals surface area contributed by atoms with Crippen molar-refractivity contribution in [2.24, 2.45) is 0 Å². The second-order valence-electron chi connectivity index (χ2n) is 6.28. The zero-order valence-corrected chi connectivity index (χ0v) is 14.6. The van der Waals surface area contributed by atoms with E-state index in [1.807, 2.05) is 24.4 Å². The van der Waals surface area contributed by atoms with E-state index in [9.17, 15) is 18.0 Å². The minimum absolute atomic E-state index is 0.172. The predicted octanol–water partition coefficient (Wildman–Crippen LogP) is 0.743. The maximum atomic E-state index is 12.2. The number of hydrogen-bond donors (Lipinski definition) is 2. The number of amides is 1. The molecule has 0 saturated carbocycles. The SMILES string of the molecule is O=C(C[NH+]1CCN(c2cccc[nH+]2)CC1)Nc1ccc(OC(F)(F)F)cc1. The van der Waals surface area contributed by atoms with Crippen LogP contribution in [0.25, 0.3) is 0 Å². The maximum absolute atomic E-state index is 12.2. The molecule has 27 heavy (non-hydrogen) atoms. The number of nitrogens with one attached hydrogen (secondary N) is 3. The quantitative estimate of drug-likeness (QED) is 0.802. The van der Waals surface area contributed by atoms with Gasteiger partial charge in [-0.3, -0.25) is 9.69 Å². The van der Waals surface area contributed by atoms with E-state index >= 15 is 0 Å². The molecule has 0 spiro atoms. The van der Waals surface area contributed by atoms with Crippen molar-refractivity contribution in [2.45, 2.75) is 6.36 Å². The lowest BCUT2D eigenvalue weighted by molar-refractivity contribution is -0.892. The Morgan fingerprint density at radius 2 is 1.85 bits per heavy atom. The summed E-state index contributed by atoms with van der Waals surface area (Å²) < 4.78 is 40.3. The van der Waals surface area contributed by atoms with Crippen molar-refractivity contribution in [3.63, 3.8) is 0 Å². The Morgan fingerprint density at radius 1 is 1.15 bits per heavy atom. The van der Waals surface area contributed by atoms with Crippen LogP contribution in [0.3, 0.4) is 0 Å². The first kappa shape index (κ1) is 19.0. The zero-order valence-electron chi connectivity index (χ0n) is 14.6. The number of aromatic amines is 1. The van der Waals surface area contributed by atoms with E-state index in [1.54, 1.807) is 0 Å². The van der Waals surface area contributed by atoms with Crippen LogP contribution in [-0.4, -0.2) is 45.0 Å². The van der Waals surface area contributed by atoms with E-state index in [1.165, 1.54) is 24.3 Å². The monoisotopic (exact) mass is 382 g/mol. The molecule has 0 atom stereocenters. The van der Waals surface area contributed by atoms with Gasteiger partial charge in [-0.15, -0.1) is 13.2 Å². The van der Waals surface area contributed by atoms with E-state index in [2.05, 4.69) is 19.9 Å². The number of carbonyl (C=O) groups is 1. The number of ether oxygens (including phenoxy) is 1. The number of rotatable bonds is 5. The normalized spacial score (nSPS) is 15.4. The molecule has 1 aromatic heterocycles. The molecule has 2 aromatic rings. The Hall–Kier alpha value is -2.81. The average molecular weight is 382 g/mol.